The van der Waals surface area contributed by atoms with Gasteiger partial charge in [0.1, 0.15) is 0 Å². The second-order valence-electron chi connectivity index (χ2n) is 3.00. The van der Waals surface area contributed by atoms with Gasteiger partial charge in [-0.25, -0.2) is 8.78 Å². The summed E-state index contributed by atoms with van der Waals surface area (Å²) in [6.45, 7) is 1.11. The lowest BCUT2D eigenvalue weighted by Crippen LogP contribution is -2.48. The van der Waals surface area contributed by atoms with Gasteiger partial charge in [0.2, 0.25) is 0 Å². The van der Waals surface area contributed by atoms with Crippen molar-refractivity contribution in [3.8, 4) is 0 Å². The van der Waals surface area contributed by atoms with Crippen molar-refractivity contribution >= 4 is 0 Å². The number of hydrogen-bond donors (Lipinski definition) is 0. The van der Waals surface area contributed by atoms with Crippen molar-refractivity contribution in [3.63, 3.8) is 0 Å². The van der Waals surface area contributed by atoms with Gasteiger partial charge in [-0.2, -0.15) is 17.6 Å². The molecule has 0 amide bonds. The van der Waals surface area contributed by atoms with Crippen molar-refractivity contribution < 1.29 is 31.1 Å². The Bertz CT molecular complexity index is 182. The molecule has 0 unspecified atom stereocenters. The van der Waals surface area contributed by atoms with E-state index in [2.05, 4.69) is 4.74 Å². The quantitative estimate of drug-likeness (QED) is 0.485. The highest BCUT2D eigenvalue weighted by Gasteiger charge is 2.64. The fraction of sp³-hybridized carbons (Fsp3) is 1.00. The lowest BCUT2D eigenvalue weighted by atomic mass is 10.2. The molecule has 0 fully saturated rings. The third-order valence-electron chi connectivity index (χ3n) is 1.69. The largest absolute Gasteiger partial charge is 0.425 e. The third-order valence-corrected chi connectivity index (χ3v) is 1.69. The van der Waals surface area contributed by atoms with Gasteiger partial charge >= 0.3 is 18.5 Å². The van der Waals surface area contributed by atoms with Gasteiger partial charge in [0.05, 0.1) is 6.61 Å². The number of alkyl halides is 6. The molecule has 0 atom stereocenters. The lowest BCUT2D eigenvalue weighted by molar-refractivity contribution is -0.373. The standard InChI is InChI=1S/C8H12F6O/c1-2-3-4-5-15-8(13,14)7(11,12)6(9)10/h6H,2-5H2,1H3. The number of rotatable bonds is 7. The average molecular weight is 238 g/mol. The van der Waals surface area contributed by atoms with E-state index in [9.17, 15) is 26.3 Å². The van der Waals surface area contributed by atoms with E-state index in [4.69, 9.17) is 0 Å². The monoisotopic (exact) mass is 238 g/mol. The Morgan fingerprint density at radius 1 is 1.07 bits per heavy atom. The van der Waals surface area contributed by atoms with Crippen LogP contribution < -0.4 is 0 Å². The maximum atomic E-state index is 12.4. The molecule has 0 saturated heterocycles. The molecule has 0 radical (unpaired) electrons. The molecule has 0 bridgehead atoms. The fourth-order valence-electron chi connectivity index (χ4n) is 0.776. The van der Waals surface area contributed by atoms with Crippen LogP contribution in [0.15, 0.2) is 0 Å². The minimum atomic E-state index is -5.45. The first-order valence-electron chi connectivity index (χ1n) is 4.43. The van der Waals surface area contributed by atoms with E-state index in [0.717, 1.165) is 0 Å². The van der Waals surface area contributed by atoms with Crippen LogP contribution in [-0.2, 0) is 4.74 Å². The molecule has 92 valence electrons. The zero-order valence-corrected chi connectivity index (χ0v) is 8.08. The zero-order valence-electron chi connectivity index (χ0n) is 8.08. The molecular formula is C8H12F6O. The minimum Gasteiger partial charge on any atom is -0.316 e. The molecule has 1 nitrogen and oxygen atoms in total. The Labute approximate surface area is 83.4 Å². The summed E-state index contributed by atoms with van der Waals surface area (Å²) in [5.41, 5.74) is 0. The number of ether oxygens (including phenoxy) is 1. The second-order valence-corrected chi connectivity index (χ2v) is 3.00. The van der Waals surface area contributed by atoms with Crippen LogP contribution in [0, 0.1) is 0 Å². The Morgan fingerprint density at radius 3 is 2.00 bits per heavy atom. The molecule has 0 aromatic heterocycles. The molecule has 0 spiro atoms. The molecule has 0 aliphatic carbocycles. The molecule has 0 rings (SSSR count). The first kappa shape index (κ1) is 14.5. The van der Waals surface area contributed by atoms with Crippen LogP contribution in [0.3, 0.4) is 0 Å². The topological polar surface area (TPSA) is 9.23 Å². The molecule has 0 saturated carbocycles. The van der Waals surface area contributed by atoms with E-state index in [1.54, 1.807) is 6.92 Å². The van der Waals surface area contributed by atoms with Crippen molar-refractivity contribution in [1.29, 1.82) is 0 Å². The molecule has 0 aliphatic heterocycles. The van der Waals surface area contributed by atoms with E-state index < -0.39 is 25.1 Å². The van der Waals surface area contributed by atoms with Gasteiger partial charge in [-0.05, 0) is 6.42 Å². The van der Waals surface area contributed by atoms with Crippen molar-refractivity contribution in [2.75, 3.05) is 6.61 Å². The SMILES string of the molecule is CCCCCOC(F)(F)C(F)(F)C(F)F. The summed E-state index contributed by atoms with van der Waals surface area (Å²) in [5, 5.41) is 0. The predicted molar refractivity (Wildman–Crippen MR) is 41.4 cm³/mol. The van der Waals surface area contributed by atoms with Crippen LogP contribution >= 0.6 is 0 Å². The summed E-state index contributed by atoms with van der Waals surface area (Å²) < 4.78 is 75.9. The van der Waals surface area contributed by atoms with Crippen molar-refractivity contribution in [1.82, 2.24) is 0 Å². The second kappa shape index (κ2) is 5.58. The first-order valence-corrected chi connectivity index (χ1v) is 4.43. The van der Waals surface area contributed by atoms with Crippen LogP contribution in [0.4, 0.5) is 26.3 Å². The highest BCUT2D eigenvalue weighted by Crippen LogP contribution is 2.39. The maximum absolute atomic E-state index is 12.4. The summed E-state index contributed by atoms with van der Waals surface area (Å²) in [5.74, 6) is -5.45. The lowest BCUT2D eigenvalue weighted by Gasteiger charge is -2.25. The highest BCUT2D eigenvalue weighted by atomic mass is 19.3. The number of halogens is 6. The molecule has 0 N–H and O–H groups in total. The summed E-state index contributed by atoms with van der Waals surface area (Å²) in [4.78, 5) is 0. The summed E-state index contributed by atoms with van der Waals surface area (Å²) in [7, 11) is 0. The highest BCUT2D eigenvalue weighted by molar-refractivity contribution is 4.79. The van der Waals surface area contributed by atoms with Crippen LogP contribution in [0.5, 0.6) is 0 Å². The van der Waals surface area contributed by atoms with E-state index in [-0.39, 0.29) is 6.42 Å². The fourth-order valence-corrected chi connectivity index (χ4v) is 0.776. The first-order chi connectivity index (χ1) is 6.75. The summed E-state index contributed by atoms with van der Waals surface area (Å²) in [6.07, 6.45) is -8.24. The van der Waals surface area contributed by atoms with Gasteiger partial charge in [-0.3, -0.25) is 0 Å². The normalized spacial score (nSPS) is 13.6. The average Bonchev–Trinajstić information content (AvgIpc) is 2.12. The van der Waals surface area contributed by atoms with Crippen LogP contribution in [-0.4, -0.2) is 25.1 Å². The van der Waals surface area contributed by atoms with Crippen LogP contribution in [0.2, 0.25) is 0 Å². The van der Waals surface area contributed by atoms with E-state index in [1.807, 2.05) is 0 Å². The minimum absolute atomic E-state index is 0.130. The van der Waals surface area contributed by atoms with Crippen LogP contribution in [0.25, 0.3) is 0 Å². The summed E-state index contributed by atoms with van der Waals surface area (Å²) >= 11 is 0. The molecule has 7 heteroatoms. The van der Waals surface area contributed by atoms with Crippen molar-refractivity contribution in [2.24, 2.45) is 0 Å². The van der Waals surface area contributed by atoms with Gasteiger partial charge in [-0.1, -0.05) is 19.8 Å². The van der Waals surface area contributed by atoms with E-state index in [1.165, 1.54) is 0 Å². The Hall–Kier alpha value is -0.460. The third kappa shape index (κ3) is 3.89. The maximum Gasteiger partial charge on any atom is 0.425 e. The van der Waals surface area contributed by atoms with Crippen LogP contribution in [0.1, 0.15) is 26.2 Å². The predicted octanol–water partition coefficient (Wildman–Crippen LogP) is 3.69. The zero-order chi connectivity index (χ0) is 12.1. The molecule has 15 heavy (non-hydrogen) atoms. The summed E-state index contributed by atoms with van der Waals surface area (Å²) in [6, 6.07) is 0. The smallest absolute Gasteiger partial charge is 0.316 e. The Kier molecular flexibility index (Phi) is 5.41. The van der Waals surface area contributed by atoms with Gasteiger partial charge in [-0.15, -0.1) is 0 Å². The molecule has 0 aromatic rings. The molecule has 0 heterocycles. The Morgan fingerprint density at radius 2 is 1.60 bits per heavy atom. The van der Waals surface area contributed by atoms with Gasteiger partial charge in [0, 0.05) is 0 Å². The molecular weight excluding hydrogens is 226 g/mol. The molecule has 0 aliphatic rings. The Balaban J connectivity index is 4.16. The van der Waals surface area contributed by atoms with Gasteiger partial charge < -0.3 is 4.74 Å². The van der Waals surface area contributed by atoms with E-state index in [0.29, 0.717) is 12.8 Å². The number of unbranched alkanes of at least 4 members (excludes halogenated alkanes) is 2. The van der Waals surface area contributed by atoms with Crippen molar-refractivity contribution in [3.05, 3.63) is 0 Å². The molecule has 0 aromatic carbocycles. The van der Waals surface area contributed by atoms with Crippen molar-refractivity contribution in [2.45, 2.75) is 44.6 Å². The van der Waals surface area contributed by atoms with E-state index >= 15 is 0 Å². The van der Waals surface area contributed by atoms with Gasteiger partial charge in [0.15, 0.2) is 0 Å². The van der Waals surface area contributed by atoms with Gasteiger partial charge in [0.25, 0.3) is 0 Å². The number of hydrogen-bond acceptors (Lipinski definition) is 1.